The first-order chi connectivity index (χ1) is 14.6. The van der Waals surface area contributed by atoms with Crippen LogP contribution in [0.5, 0.6) is 0 Å². The Morgan fingerprint density at radius 1 is 0.733 bits per heavy atom. The molecule has 0 heterocycles. The van der Waals surface area contributed by atoms with Crippen molar-refractivity contribution in [2.24, 2.45) is 0 Å². The van der Waals surface area contributed by atoms with Gasteiger partial charge in [0.25, 0.3) is 5.91 Å². The van der Waals surface area contributed by atoms with E-state index in [4.69, 9.17) is 4.74 Å². The Balaban J connectivity index is 1.64. The number of carbonyl (C=O) groups excluding carboxylic acids is 2. The van der Waals surface area contributed by atoms with Crippen LogP contribution in [0.4, 0.5) is 0 Å². The first kappa shape index (κ1) is 21.3. The van der Waals surface area contributed by atoms with Crippen LogP contribution in [0.2, 0.25) is 0 Å². The van der Waals surface area contributed by atoms with Gasteiger partial charge in [-0.25, -0.2) is 0 Å². The van der Waals surface area contributed by atoms with E-state index in [2.05, 4.69) is 5.32 Å². The second-order valence-corrected chi connectivity index (χ2v) is 7.39. The van der Waals surface area contributed by atoms with E-state index in [0.29, 0.717) is 6.54 Å². The normalized spacial score (nSPS) is 12.8. The van der Waals surface area contributed by atoms with Crippen LogP contribution < -0.4 is 5.32 Å². The predicted molar refractivity (Wildman–Crippen MR) is 118 cm³/mol. The maximum atomic E-state index is 13.0. The molecule has 0 aliphatic carbocycles. The average molecular weight is 402 g/mol. The van der Waals surface area contributed by atoms with Crippen molar-refractivity contribution in [3.05, 3.63) is 108 Å². The molecule has 1 N–H and O–H groups in total. The molecule has 1 amide bonds. The molecule has 3 rings (SSSR count). The van der Waals surface area contributed by atoms with Crippen LogP contribution in [0.1, 0.15) is 42.4 Å². The summed E-state index contributed by atoms with van der Waals surface area (Å²) in [6.45, 7) is 4.13. The van der Waals surface area contributed by atoms with Gasteiger partial charge in [0.05, 0.1) is 0 Å². The van der Waals surface area contributed by atoms with Gasteiger partial charge >= 0.3 is 5.97 Å². The van der Waals surface area contributed by atoms with E-state index >= 15 is 0 Å². The van der Waals surface area contributed by atoms with Gasteiger partial charge < -0.3 is 10.1 Å². The number of esters is 1. The third-order valence-electron chi connectivity index (χ3n) is 5.11. The topological polar surface area (TPSA) is 55.4 Å². The lowest BCUT2D eigenvalue weighted by Gasteiger charge is -2.21. The molecule has 0 radical (unpaired) electrons. The van der Waals surface area contributed by atoms with Crippen molar-refractivity contribution in [2.75, 3.05) is 6.54 Å². The Morgan fingerprint density at radius 2 is 1.17 bits per heavy atom. The van der Waals surface area contributed by atoms with Gasteiger partial charge in [-0.15, -0.1) is 0 Å². The Morgan fingerprint density at radius 3 is 1.63 bits per heavy atom. The highest BCUT2D eigenvalue weighted by molar-refractivity contribution is 5.87. The van der Waals surface area contributed by atoms with Crippen molar-refractivity contribution in [3.63, 3.8) is 0 Å². The van der Waals surface area contributed by atoms with Crippen LogP contribution in [-0.2, 0) is 14.3 Å². The van der Waals surface area contributed by atoms with Gasteiger partial charge in [-0.1, -0.05) is 97.9 Å². The summed E-state index contributed by atoms with van der Waals surface area (Å²) >= 11 is 0. The Kier molecular flexibility index (Phi) is 7.39. The minimum absolute atomic E-state index is 0.166. The molecule has 3 aromatic rings. The highest BCUT2D eigenvalue weighted by atomic mass is 16.5. The third kappa shape index (κ3) is 5.57. The Labute approximate surface area is 177 Å². The van der Waals surface area contributed by atoms with Crippen molar-refractivity contribution in [2.45, 2.75) is 31.8 Å². The van der Waals surface area contributed by atoms with Crippen LogP contribution in [0.15, 0.2) is 91.0 Å². The summed E-state index contributed by atoms with van der Waals surface area (Å²) in [4.78, 5) is 25.5. The van der Waals surface area contributed by atoms with Gasteiger partial charge in [-0.05, 0) is 29.5 Å². The van der Waals surface area contributed by atoms with Crippen molar-refractivity contribution in [1.29, 1.82) is 0 Å². The fraction of sp³-hybridized carbons (Fsp3) is 0.231. The number of benzene rings is 3. The van der Waals surface area contributed by atoms with Gasteiger partial charge in [-0.2, -0.15) is 0 Å². The zero-order valence-electron chi connectivity index (χ0n) is 17.3. The number of rotatable bonds is 8. The van der Waals surface area contributed by atoms with E-state index in [0.717, 1.165) is 16.7 Å². The van der Waals surface area contributed by atoms with Crippen molar-refractivity contribution >= 4 is 11.9 Å². The Bertz CT molecular complexity index is 902. The summed E-state index contributed by atoms with van der Waals surface area (Å²) in [5.41, 5.74) is 2.81. The van der Waals surface area contributed by atoms with Gasteiger partial charge in [0.1, 0.15) is 5.92 Å². The summed E-state index contributed by atoms with van der Waals surface area (Å²) in [5.74, 6) is -1.15. The number of amides is 1. The molecule has 4 nitrogen and oxygen atoms in total. The van der Waals surface area contributed by atoms with Crippen LogP contribution in [0.3, 0.4) is 0 Å². The standard InChI is InChI=1S/C26H27NO3/c1-19(21-12-6-3-7-13-21)18-27-25(28)20(2)30-26(29)24(22-14-8-4-9-15-22)23-16-10-5-11-17-23/h3-17,19-20,24H,18H2,1-2H3,(H,27,28)/t19-,20+/m0/s1. The van der Waals surface area contributed by atoms with Gasteiger partial charge in [0.2, 0.25) is 0 Å². The van der Waals surface area contributed by atoms with Crippen LogP contribution in [-0.4, -0.2) is 24.5 Å². The van der Waals surface area contributed by atoms with E-state index < -0.39 is 18.0 Å². The molecule has 30 heavy (non-hydrogen) atoms. The summed E-state index contributed by atoms with van der Waals surface area (Å²) in [5, 5.41) is 2.89. The first-order valence-corrected chi connectivity index (χ1v) is 10.2. The molecular formula is C26H27NO3. The van der Waals surface area contributed by atoms with E-state index in [1.165, 1.54) is 0 Å². The molecule has 0 aliphatic rings. The predicted octanol–water partition coefficient (Wildman–Crippen LogP) is 4.67. The van der Waals surface area contributed by atoms with E-state index in [9.17, 15) is 9.59 Å². The maximum Gasteiger partial charge on any atom is 0.318 e. The smallest absolute Gasteiger partial charge is 0.318 e. The molecular weight excluding hydrogens is 374 g/mol. The lowest BCUT2D eigenvalue weighted by molar-refractivity contribution is -0.155. The Hall–Kier alpha value is -3.40. The summed E-state index contributed by atoms with van der Waals surface area (Å²) < 4.78 is 5.57. The number of nitrogens with one attached hydrogen (secondary N) is 1. The number of hydrogen-bond acceptors (Lipinski definition) is 3. The monoisotopic (exact) mass is 401 g/mol. The van der Waals surface area contributed by atoms with Crippen molar-refractivity contribution in [3.8, 4) is 0 Å². The van der Waals surface area contributed by atoms with Gasteiger partial charge in [0.15, 0.2) is 6.10 Å². The van der Waals surface area contributed by atoms with Crippen LogP contribution >= 0.6 is 0 Å². The quantitative estimate of drug-likeness (QED) is 0.558. The second-order valence-electron chi connectivity index (χ2n) is 7.39. The summed E-state index contributed by atoms with van der Waals surface area (Å²) in [6.07, 6.45) is -0.879. The zero-order valence-corrected chi connectivity index (χ0v) is 17.3. The van der Waals surface area contributed by atoms with Crippen LogP contribution in [0.25, 0.3) is 0 Å². The fourth-order valence-corrected chi connectivity index (χ4v) is 3.35. The summed E-state index contributed by atoms with van der Waals surface area (Å²) in [6, 6.07) is 28.9. The minimum Gasteiger partial charge on any atom is -0.452 e. The van der Waals surface area contributed by atoms with Crippen molar-refractivity contribution in [1.82, 2.24) is 5.32 Å². The molecule has 0 aliphatic heterocycles. The zero-order chi connectivity index (χ0) is 21.3. The SMILES string of the molecule is C[C@@H](OC(=O)C(c1ccccc1)c1ccccc1)C(=O)NC[C@H](C)c1ccccc1. The fourth-order valence-electron chi connectivity index (χ4n) is 3.35. The number of carbonyl (C=O) groups is 2. The molecule has 0 saturated carbocycles. The molecule has 0 fully saturated rings. The molecule has 4 heteroatoms. The average Bonchev–Trinajstić information content (AvgIpc) is 2.79. The van der Waals surface area contributed by atoms with Crippen molar-refractivity contribution < 1.29 is 14.3 Å². The lowest BCUT2D eigenvalue weighted by Crippen LogP contribution is -2.38. The third-order valence-corrected chi connectivity index (χ3v) is 5.11. The molecule has 3 aromatic carbocycles. The van der Waals surface area contributed by atoms with E-state index in [1.54, 1.807) is 6.92 Å². The highest BCUT2D eigenvalue weighted by Crippen LogP contribution is 2.26. The van der Waals surface area contributed by atoms with Gasteiger partial charge in [0, 0.05) is 6.54 Å². The highest BCUT2D eigenvalue weighted by Gasteiger charge is 2.27. The van der Waals surface area contributed by atoms with Gasteiger partial charge in [-0.3, -0.25) is 9.59 Å². The molecule has 0 saturated heterocycles. The lowest BCUT2D eigenvalue weighted by atomic mass is 9.91. The first-order valence-electron chi connectivity index (χ1n) is 10.2. The van der Waals surface area contributed by atoms with E-state index in [-0.39, 0.29) is 11.8 Å². The molecule has 2 atom stereocenters. The number of ether oxygens (including phenoxy) is 1. The van der Waals surface area contributed by atoms with Crippen LogP contribution in [0, 0.1) is 0 Å². The van der Waals surface area contributed by atoms with E-state index in [1.807, 2.05) is 97.9 Å². The molecule has 0 unspecified atom stereocenters. The molecule has 0 bridgehead atoms. The maximum absolute atomic E-state index is 13.0. The molecule has 0 aromatic heterocycles. The molecule has 154 valence electrons. The largest absolute Gasteiger partial charge is 0.452 e. The molecule has 0 spiro atoms. The number of hydrogen-bond donors (Lipinski definition) is 1. The summed E-state index contributed by atoms with van der Waals surface area (Å²) in [7, 11) is 0. The minimum atomic E-state index is -0.879. The second kappa shape index (κ2) is 10.4.